The Morgan fingerprint density at radius 3 is 2.34 bits per heavy atom. The van der Waals surface area contributed by atoms with Crippen molar-refractivity contribution < 1.29 is 23.4 Å². The van der Waals surface area contributed by atoms with Crippen LogP contribution in [0, 0.1) is 11.3 Å². The molecular formula is C23H18F3N5O2S2. The van der Waals surface area contributed by atoms with Crippen molar-refractivity contribution in [2.45, 2.75) is 6.18 Å². The van der Waals surface area contributed by atoms with E-state index in [1.54, 1.807) is 46.7 Å². The summed E-state index contributed by atoms with van der Waals surface area (Å²) >= 11 is 2.12. The summed E-state index contributed by atoms with van der Waals surface area (Å²) in [5.74, 6) is 0. The number of nitriles is 1. The van der Waals surface area contributed by atoms with Crippen LogP contribution in [0.25, 0.3) is 20.8 Å². The van der Waals surface area contributed by atoms with Crippen LogP contribution >= 0.6 is 22.7 Å². The lowest BCUT2D eigenvalue weighted by molar-refractivity contribution is -0.136. The average Bonchev–Trinajstić information content (AvgIpc) is 3.50. The van der Waals surface area contributed by atoms with Crippen molar-refractivity contribution in [3.63, 3.8) is 0 Å². The summed E-state index contributed by atoms with van der Waals surface area (Å²) in [6.07, 6.45) is -4.68. The van der Waals surface area contributed by atoms with Gasteiger partial charge in [0.1, 0.15) is 21.5 Å². The Morgan fingerprint density at radius 1 is 1.06 bits per heavy atom. The van der Waals surface area contributed by atoms with Gasteiger partial charge in [0.25, 0.3) is 0 Å². The maximum atomic E-state index is 14.0. The van der Waals surface area contributed by atoms with Crippen LogP contribution in [0.2, 0.25) is 0 Å². The summed E-state index contributed by atoms with van der Waals surface area (Å²) in [4.78, 5) is 6.78. The SMILES string of the molecule is N#Cc1sc2nc(-c3cccs3)cc(C(F)(F)F)c2c1N=Nc1ccc(N(CCO)CCO)cc1. The number of halogens is 3. The van der Waals surface area contributed by atoms with Crippen molar-refractivity contribution >= 4 is 50.0 Å². The molecule has 0 spiro atoms. The third-order valence-electron chi connectivity index (χ3n) is 5.04. The summed E-state index contributed by atoms with van der Waals surface area (Å²) in [5.41, 5.74) is 0.185. The lowest BCUT2D eigenvalue weighted by Gasteiger charge is -2.22. The monoisotopic (exact) mass is 517 g/mol. The number of thiophene rings is 2. The molecule has 0 aliphatic rings. The van der Waals surface area contributed by atoms with Crippen LogP contribution < -0.4 is 4.90 Å². The van der Waals surface area contributed by atoms with E-state index in [2.05, 4.69) is 15.2 Å². The smallest absolute Gasteiger partial charge is 0.395 e. The van der Waals surface area contributed by atoms with Gasteiger partial charge in [-0.05, 0) is 41.8 Å². The molecule has 35 heavy (non-hydrogen) atoms. The molecule has 7 nitrogen and oxygen atoms in total. The highest BCUT2D eigenvalue weighted by Gasteiger charge is 2.36. The van der Waals surface area contributed by atoms with Gasteiger partial charge in [-0.25, -0.2) is 4.98 Å². The van der Waals surface area contributed by atoms with E-state index in [0.717, 1.165) is 23.1 Å². The van der Waals surface area contributed by atoms with E-state index in [1.165, 1.54) is 11.3 Å². The highest BCUT2D eigenvalue weighted by atomic mass is 32.1. The molecule has 0 amide bonds. The Balaban J connectivity index is 1.76. The Bertz CT molecular complexity index is 1370. The molecule has 180 valence electrons. The molecule has 2 N–H and O–H groups in total. The van der Waals surface area contributed by atoms with Gasteiger partial charge < -0.3 is 15.1 Å². The third kappa shape index (κ3) is 5.33. The Kier molecular flexibility index (Phi) is 7.42. The lowest BCUT2D eigenvalue weighted by Crippen LogP contribution is -2.29. The van der Waals surface area contributed by atoms with Crippen LogP contribution in [0.15, 0.2) is 58.1 Å². The Hall–Kier alpha value is -3.37. The predicted octanol–water partition coefficient (Wildman–Crippen LogP) is 6.12. The zero-order valence-electron chi connectivity index (χ0n) is 18.0. The summed E-state index contributed by atoms with van der Waals surface area (Å²) < 4.78 is 42.1. The molecule has 0 saturated carbocycles. The Morgan fingerprint density at radius 2 is 1.77 bits per heavy atom. The number of aromatic nitrogens is 1. The maximum absolute atomic E-state index is 14.0. The number of rotatable bonds is 8. The standard InChI is InChI=1S/C23H18F3N5O2S2/c24-23(25,26)16-12-17(18-2-1-11-34-18)28-22-20(16)21(19(13-27)35-22)30-29-14-3-5-15(6-4-14)31(7-9-32)8-10-33/h1-6,11-12,32-33H,7-10H2. The average molecular weight is 518 g/mol. The molecule has 0 atom stereocenters. The number of anilines is 1. The lowest BCUT2D eigenvalue weighted by atomic mass is 10.1. The van der Waals surface area contributed by atoms with Gasteiger partial charge in [0, 0.05) is 18.8 Å². The van der Waals surface area contributed by atoms with E-state index >= 15 is 0 Å². The summed E-state index contributed by atoms with van der Waals surface area (Å²) in [6, 6.07) is 12.9. The van der Waals surface area contributed by atoms with Crippen molar-refractivity contribution in [2.75, 3.05) is 31.2 Å². The normalized spacial score (nSPS) is 11.9. The molecule has 3 aromatic heterocycles. The van der Waals surface area contributed by atoms with Crippen molar-refractivity contribution in [1.82, 2.24) is 4.98 Å². The number of hydrogen-bond donors (Lipinski definition) is 2. The first-order chi connectivity index (χ1) is 16.9. The molecule has 4 rings (SSSR count). The van der Waals surface area contributed by atoms with E-state index in [0.29, 0.717) is 23.7 Å². The fourth-order valence-electron chi connectivity index (χ4n) is 3.48. The van der Waals surface area contributed by atoms with Gasteiger partial charge in [-0.3, -0.25) is 0 Å². The minimum absolute atomic E-state index is 0.0150. The zero-order valence-corrected chi connectivity index (χ0v) is 19.7. The van der Waals surface area contributed by atoms with E-state index in [1.807, 2.05) is 6.07 Å². The van der Waals surface area contributed by atoms with Gasteiger partial charge in [-0.2, -0.15) is 23.5 Å². The number of nitrogens with zero attached hydrogens (tertiary/aromatic N) is 5. The molecule has 3 heterocycles. The fourth-order valence-corrected chi connectivity index (χ4v) is 5.09. The van der Waals surface area contributed by atoms with Crippen LogP contribution in [0.1, 0.15) is 10.4 Å². The van der Waals surface area contributed by atoms with E-state index in [9.17, 15) is 28.6 Å². The van der Waals surface area contributed by atoms with Crippen molar-refractivity contribution in [2.24, 2.45) is 10.2 Å². The van der Waals surface area contributed by atoms with Crippen LogP contribution in [0.3, 0.4) is 0 Å². The highest BCUT2D eigenvalue weighted by Crippen LogP contribution is 2.46. The summed E-state index contributed by atoms with van der Waals surface area (Å²) in [5, 5.41) is 37.5. The number of pyridine rings is 1. The number of alkyl halides is 3. The molecule has 0 bridgehead atoms. The molecule has 0 aliphatic heterocycles. The van der Waals surface area contributed by atoms with Crippen molar-refractivity contribution in [3.8, 4) is 16.6 Å². The number of aliphatic hydroxyl groups excluding tert-OH is 2. The van der Waals surface area contributed by atoms with Gasteiger partial charge >= 0.3 is 6.18 Å². The van der Waals surface area contributed by atoms with Crippen molar-refractivity contribution in [3.05, 3.63) is 58.3 Å². The molecule has 0 aliphatic carbocycles. The molecule has 0 unspecified atom stereocenters. The fraction of sp³-hybridized carbons (Fsp3) is 0.217. The summed E-state index contributed by atoms with van der Waals surface area (Å²) in [6.45, 7) is 0.476. The van der Waals surface area contributed by atoms with Crippen LogP contribution in [-0.2, 0) is 6.18 Å². The first-order valence-corrected chi connectivity index (χ1v) is 12.0. The topological polar surface area (TPSA) is 105 Å². The minimum atomic E-state index is -4.68. The van der Waals surface area contributed by atoms with Gasteiger partial charge in [0.2, 0.25) is 0 Å². The second kappa shape index (κ2) is 10.5. The molecule has 0 radical (unpaired) electrons. The van der Waals surface area contributed by atoms with Gasteiger partial charge in [-0.1, -0.05) is 6.07 Å². The summed E-state index contributed by atoms with van der Waals surface area (Å²) in [7, 11) is 0. The minimum Gasteiger partial charge on any atom is -0.395 e. The molecule has 0 fully saturated rings. The first kappa shape index (κ1) is 24.7. The molecular weight excluding hydrogens is 499 g/mol. The van der Waals surface area contributed by atoms with Crippen molar-refractivity contribution in [1.29, 1.82) is 5.26 Å². The highest BCUT2D eigenvalue weighted by molar-refractivity contribution is 7.20. The maximum Gasteiger partial charge on any atom is 0.417 e. The molecule has 4 aromatic rings. The van der Waals surface area contributed by atoms with Crippen LogP contribution in [-0.4, -0.2) is 41.5 Å². The van der Waals surface area contributed by atoms with E-state index in [4.69, 9.17) is 0 Å². The number of azo groups is 1. The molecule has 0 saturated heterocycles. The predicted molar refractivity (Wildman–Crippen MR) is 130 cm³/mol. The largest absolute Gasteiger partial charge is 0.417 e. The van der Waals surface area contributed by atoms with E-state index in [-0.39, 0.29) is 39.7 Å². The number of hydrogen-bond acceptors (Lipinski definition) is 9. The van der Waals surface area contributed by atoms with Crippen LogP contribution in [0.4, 0.5) is 30.2 Å². The quantitative estimate of drug-likeness (QED) is 0.274. The second-order valence-electron chi connectivity index (χ2n) is 7.25. The molecule has 1 aromatic carbocycles. The second-order valence-corrected chi connectivity index (χ2v) is 9.20. The number of benzene rings is 1. The number of aliphatic hydroxyl groups is 2. The van der Waals surface area contributed by atoms with Crippen LogP contribution in [0.5, 0.6) is 0 Å². The van der Waals surface area contributed by atoms with E-state index < -0.39 is 11.7 Å². The zero-order chi connectivity index (χ0) is 25.0. The first-order valence-electron chi connectivity index (χ1n) is 10.3. The third-order valence-corrected chi connectivity index (χ3v) is 6.91. The molecule has 12 heteroatoms. The van der Waals surface area contributed by atoms with Gasteiger partial charge in [-0.15, -0.1) is 27.8 Å². The number of fused-ring (bicyclic) bond motifs is 1. The van der Waals surface area contributed by atoms with Gasteiger partial charge in [0.15, 0.2) is 0 Å². The Labute approximate surface area is 206 Å². The van der Waals surface area contributed by atoms with Gasteiger partial charge in [0.05, 0.1) is 40.4 Å².